The summed E-state index contributed by atoms with van der Waals surface area (Å²) in [7, 11) is 0. The maximum absolute atomic E-state index is 13.5. The number of aryl methyl sites for hydroxylation is 4. The summed E-state index contributed by atoms with van der Waals surface area (Å²) in [5.74, 6) is 0.193. The number of benzene rings is 1. The average molecular weight is 430 g/mol. The van der Waals surface area contributed by atoms with Gasteiger partial charge in [0.2, 0.25) is 5.91 Å². The van der Waals surface area contributed by atoms with Gasteiger partial charge in [0.25, 0.3) is 5.56 Å². The highest BCUT2D eigenvalue weighted by atomic mass is 32.2. The van der Waals surface area contributed by atoms with Crippen molar-refractivity contribution in [2.24, 2.45) is 0 Å². The summed E-state index contributed by atoms with van der Waals surface area (Å²) in [4.78, 5) is 32.3. The number of thiophene rings is 1. The fourth-order valence-electron chi connectivity index (χ4n) is 3.05. The van der Waals surface area contributed by atoms with Gasteiger partial charge in [-0.2, -0.15) is 0 Å². The van der Waals surface area contributed by atoms with Crippen molar-refractivity contribution < 1.29 is 4.79 Å². The second-order valence-electron chi connectivity index (χ2n) is 7.26. The highest BCUT2D eigenvalue weighted by Gasteiger charge is 2.19. The number of carbonyl (C=O) groups is 1. The topological polar surface area (TPSA) is 64.0 Å². The predicted octanol–water partition coefficient (Wildman–Crippen LogP) is 4.69. The molecule has 3 rings (SSSR count). The van der Waals surface area contributed by atoms with Gasteiger partial charge in [-0.25, -0.2) is 4.98 Å². The largest absolute Gasteiger partial charge is 0.355 e. The van der Waals surface area contributed by atoms with Crippen molar-refractivity contribution in [1.82, 2.24) is 14.9 Å². The number of nitrogens with one attached hydrogen (secondary N) is 1. The van der Waals surface area contributed by atoms with E-state index in [9.17, 15) is 9.59 Å². The molecule has 0 saturated carbocycles. The molecule has 2 heterocycles. The van der Waals surface area contributed by atoms with Crippen LogP contribution in [0.4, 0.5) is 0 Å². The van der Waals surface area contributed by atoms with Crippen LogP contribution < -0.4 is 10.9 Å². The molecule has 0 atom stereocenters. The monoisotopic (exact) mass is 429 g/mol. The van der Waals surface area contributed by atoms with Gasteiger partial charge < -0.3 is 5.32 Å². The van der Waals surface area contributed by atoms with E-state index in [0.717, 1.165) is 39.4 Å². The fraction of sp³-hybridized carbons (Fsp3) is 0.409. The van der Waals surface area contributed by atoms with Crippen LogP contribution in [0.3, 0.4) is 0 Å². The van der Waals surface area contributed by atoms with Gasteiger partial charge in [-0.1, -0.05) is 31.2 Å². The first-order valence-electron chi connectivity index (χ1n) is 9.83. The Balaban J connectivity index is 2.06. The molecule has 0 saturated heterocycles. The Bertz CT molecular complexity index is 1120. The third-order valence-corrected chi connectivity index (χ3v) is 7.15. The van der Waals surface area contributed by atoms with E-state index in [0.29, 0.717) is 17.1 Å². The van der Waals surface area contributed by atoms with Gasteiger partial charge in [0.05, 0.1) is 16.8 Å². The lowest BCUT2D eigenvalue weighted by atomic mass is 10.1. The first-order valence-corrected chi connectivity index (χ1v) is 11.6. The van der Waals surface area contributed by atoms with Gasteiger partial charge in [-0.3, -0.25) is 14.2 Å². The van der Waals surface area contributed by atoms with Crippen LogP contribution in [-0.2, 0) is 4.79 Å². The van der Waals surface area contributed by atoms with E-state index >= 15 is 0 Å². The van der Waals surface area contributed by atoms with Crippen molar-refractivity contribution in [3.63, 3.8) is 0 Å². The summed E-state index contributed by atoms with van der Waals surface area (Å²) in [6.45, 7) is 10.8. The molecular formula is C22H27N3O2S2. The van der Waals surface area contributed by atoms with E-state index < -0.39 is 0 Å². The second-order valence-corrected chi connectivity index (χ2v) is 9.40. The summed E-state index contributed by atoms with van der Waals surface area (Å²) in [6, 6.07) is 5.96. The highest BCUT2D eigenvalue weighted by molar-refractivity contribution is 7.99. The zero-order chi connectivity index (χ0) is 21.1. The molecule has 1 aromatic carbocycles. The molecule has 0 spiro atoms. The number of thioether (sulfide) groups is 1. The second kappa shape index (κ2) is 9.13. The maximum atomic E-state index is 13.5. The van der Waals surface area contributed by atoms with Crippen LogP contribution in [0.2, 0.25) is 0 Å². The summed E-state index contributed by atoms with van der Waals surface area (Å²) in [5.41, 5.74) is 3.97. The number of rotatable bonds is 7. The third kappa shape index (κ3) is 4.56. The van der Waals surface area contributed by atoms with Crippen LogP contribution in [0.15, 0.2) is 28.2 Å². The molecule has 0 aliphatic heterocycles. The number of carbonyl (C=O) groups excluding carboxylic acids is 1. The van der Waals surface area contributed by atoms with Crippen LogP contribution in [0.5, 0.6) is 0 Å². The van der Waals surface area contributed by atoms with E-state index in [4.69, 9.17) is 4.98 Å². The smallest absolute Gasteiger partial charge is 0.267 e. The highest BCUT2D eigenvalue weighted by Crippen LogP contribution is 2.29. The summed E-state index contributed by atoms with van der Waals surface area (Å²) in [5, 5.41) is 4.14. The molecule has 1 amide bonds. The molecule has 0 aliphatic rings. The van der Waals surface area contributed by atoms with Crippen molar-refractivity contribution >= 4 is 39.2 Å². The Kier molecular flexibility index (Phi) is 6.80. The minimum absolute atomic E-state index is 0.0389. The van der Waals surface area contributed by atoms with E-state index in [1.807, 2.05) is 45.9 Å². The van der Waals surface area contributed by atoms with Crippen molar-refractivity contribution in [3.8, 4) is 5.69 Å². The molecule has 3 aromatic rings. The zero-order valence-corrected chi connectivity index (χ0v) is 19.2. The van der Waals surface area contributed by atoms with Crippen LogP contribution in [0.1, 0.15) is 41.3 Å². The van der Waals surface area contributed by atoms with Gasteiger partial charge >= 0.3 is 0 Å². The van der Waals surface area contributed by atoms with Crippen LogP contribution in [0, 0.1) is 27.7 Å². The van der Waals surface area contributed by atoms with E-state index in [2.05, 4.69) is 12.2 Å². The van der Waals surface area contributed by atoms with E-state index in [1.54, 1.807) is 4.57 Å². The van der Waals surface area contributed by atoms with E-state index in [1.165, 1.54) is 28.7 Å². The molecule has 154 valence electrons. The Morgan fingerprint density at radius 2 is 1.97 bits per heavy atom. The molecule has 0 fully saturated rings. The Morgan fingerprint density at radius 3 is 2.66 bits per heavy atom. The summed E-state index contributed by atoms with van der Waals surface area (Å²) in [6.07, 6.45) is 2.00. The number of nitrogens with zero attached hydrogens (tertiary/aromatic N) is 2. The van der Waals surface area contributed by atoms with Crippen LogP contribution in [0.25, 0.3) is 15.9 Å². The fourth-order valence-corrected chi connectivity index (χ4v) is 4.96. The molecule has 0 radical (unpaired) electrons. The molecule has 7 heteroatoms. The number of hydrogen-bond acceptors (Lipinski definition) is 5. The average Bonchev–Trinajstić information content (AvgIpc) is 2.97. The standard InChI is InChI=1S/C22H27N3O2S2/c1-6-7-10-23-18(26)12-28-22-24-20-19(15(4)16(5)29-20)21(27)25(22)17-9-8-13(2)14(3)11-17/h8-9,11H,6-7,10,12H2,1-5H3,(H,23,26). The van der Waals surface area contributed by atoms with Gasteiger partial charge in [-0.05, 0) is 62.9 Å². The SMILES string of the molecule is CCCCNC(=O)CSc1nc2sc(C)c(C)c2c(=O)n1-c1ccc(C)c(C)c1. The number of hydrogen-bond donors (Lipinski definition) is 1. The Hall–Kier alpha value is -2.12. The Labute approximate surface area is 179 Å². The number of fused-ring (bicyclic) bond motifs is 1. The lowest BCUT2D eigenvalue weighted by Gasteiger charge is -2.14. The van der Waals surface area contributed by atoms with Gasteiger partial charge in [-0.15, -0.1) is 11.3 Å². The van der Waals surface area contributed by atoms with Gasteiger partial charge in [0.15, 0.2) is 5.16 Å². The van der Waals surface area contributed by atoms with Gasteiger partial charge in [0, 0.05) is 11.4 Å². The summed E-state index contributed by atoms with van der Waals surface area (Å²) >= 11 is 2.84. The molecule has 0 unspecified atom stereocenters. The maximum Gasteiger partial charge on any atom is 0.267 e. The molecule has 0 bridgehead atoms. The van der Waals surface area contributed by atoms with Crippen molar-refractivity contribution in [2.75, 3.05) is 12.3 Å². The van der Waals surface area contributed by atoms with Crippen molar-refractivity contribution in [3.05, 3.63) is 50.1 Å². The first-order chi connectivity index (χ1) is 13.8. The van der Waals surface area contributed by atoms with Crippen molar-refractivity contribution in [2.45, 2.75) is 52.6 Å². The molecule has 2 aromatic heterocycles. The first kappa shape index (κ1) is 21.6. The minimum Gasteiger partial charge on any atom is -0.355 e. The molecular weight excluding hydrogens is 402 g/mol. The quantitative estimate of drug-likeness (QED) is 0.336. The van der Waals surface area contributed by atoms with Crippen molar-refractivity contribution in [1.29, 1.82) is 0 Å². The number of aromatic nitrogens is 2. The lowest BCUT2D eigenvalue weighted by Crippen LogP contribution is -2.27. The van der Waals surface area contributed by atoms with Crippen LogP contribution in [-0.4, -0.2) is 27.8 Å². The molecule has 5 nitrogen and oxygen atoms in total. The minimum atomic E-state index is -0.0750. The Morgan fingerprint density at radius 1 is 1.21 bits per heavy atom. The summed E-state index contributed by atoms with van der Waals surface area (Å²) < 4.78 is 1.65. The van der Waals surface area contributed by atoms with Gasteiger partial charge in [0.1, 0.15) is 4.83 Å². The third-order valence-electron chi connectivity index (χ3n) is 5.11. The molecule has 0 aliphatic carbocycles. The zero-order valence-electron chi connectivity index (χ0n) is 17.6. The number of unbranched alkanes of at least 4 members (excludes halogenated alkanes) is 1. The predicted molar refractivity (Wildman–Crippen MR) is 123 cm³/mol. The lowest BCUT2D eigenvalue weighted by molar-refractivity contribution is -0.118. The normalized spacial score (nSPS) is 11.2. The molecule has 29 heavy (non-hydrogen) atoms. The van der Waals surface area contributed by atoms with Crippen LogP contribution >= 0.6 is 23.1 Å². The van der Waals surface area contributed by atoms with E-state index in [-0.39, 0.29) is 17.2 Å². The molecule has 1 N–H and O–H groups in total. The number of amides is 1.